The highest BCUT2D eigenvalue weighted by atomic mass is 35.5. The molecule has 0 saturated heterocycles. The summed E-state index contributed by atoms with van der Waals surface area (Å²) in [6.07, 6.45) is 0. The summed E-state index contributed by atoms with van der Waals surface area (Å²) in [6.45, 7) is 3.04. The maximum Gasteiger partial charge on any atom is 0.344 e. The molecule has 0 aliphatic rings. The summed E-state index contributed by atoms with van der Waals surface area (Å²) in [5.41, 5.74) is 2.21. The summed E-state index contributed by atoms with van der Waals surface area (Å²) in [5, 5.41) is 3.39. The van der Waals surface area contributed by atoms with Crippen molar-refractivity contribution in [2.75, 3.05) is 45.8 Å². The Morgan fingerprint density at radius 1 is 0.850 bits per heavy atom. The molecule has 0 aliphatic heterocycles. The molecular formula is C31H34Cl2N2O4S. The van der Waals surface area contributed by atoms with E-state index in [1.165, 1.54) is 10.9 Å². The minimum atomic E-state index is -0.373. The van der Waals surface area contributed by atoms with E-state index >= 15 is 0 Å². The van der Waals surface area contributed by atoms with Crippen LogP contribution < -0.4 is 14.4 Å². The van der Waals surface area contributed by atoms with Crippen molar-refractivity contribution in [3.8, 4) is 11.5 Å². The molecule has 0 aromatic heterocycles. The quantitative estimate of drug-likeness (QED) is 0.157. The van der Waals surface area contributed by atoms with Gasteiger partial charge in [0.05, 0.1) is 0 Å². The monoisotopic (exact) mass is 600 g/mol. The standard InChI is InChI=1S/C19H17NOS.C12H16ClNO3.ClH/c1-14-6-5-9-17(12-14)20(2)19(22)21-18-11-10-15-7-3-4-8-16(15)13-18;1-14(2)7-8-16-12(15)9-17-11-5-3-10(13)4-6-11;/h3-13H,1-2H3;3-6H,7-9H2,1-2H3;1H. The summed E-state index contributed by atoms with van der Waals surface area (Å²) in [7, 11) is 5.74. The molecule has 212 valence electrons. The van der Waals surface area contributed by atoms with Crippen molar-refractivity contribution >= 4 is 63.8 Å². The van der Waals surface area contributed by atoms with Crippen molar-refractivity contribution in [2.24, 2.45) is 0 Å². The van der Waals surface area contributed by atoms with Gasteiger partial charge in [0.15, 0.2) is 6.61 Å². The average molecular weight is 602 g/mol. The van der Waals surface area contributed by atoms with E-state index in [1.807, 2.05) is 73.4 Å². The Balaban J connectivity index is 0.000000283. The molecule has 0 radical (unpaired) electrons. The Morgan fingerprint density at radius 2 is 1.52 bits per heavy atom. The normalized spacial score (nSPS) is 10.2. The molecule has 0 N–H and O–H groups in total. The maximum atomic E-state index is 11.3. The molecule has 0 fully saturated rings. The number of benzene rings is 4. The van der Waals surface area contributed by atoms with Crippen molar-refractivity contribution in [3.63, 3.8) is 0 Å². The number of thiocarbonyl (C=S) groups is 1. The first kappa shape index (κ1) is 32.8. The summed E-state index contributed by atoms with van der Waals surface area (Å²) in [5.74, 6) is 0.976. The van der Waals surface area contributed by atoms with Gasteiger partial charge in [-0.05, 0) is 98.1 Å². The Hall–Kier alpha value is -3.36. The molecule has 9 heteroatoms. The lowest BCUT2D eigenvalue weighted by Crippen LogP contribution is -2.29. The summed E-state index contributed by atoms with van der Waals surface area (Å²) >= 11 is 11.1. The lowest BCUT2D eigenvalue weighted by Gasteiger charge is -2.20. The molecule has 0 saturated carbocycles. The Labute approximate surface area is 252 Å². The number of carbonyl (C=O) groups excluding carboxylic acids is 1. The second kappa shape index (κ2) is 16.7. The Bertz CT molecular complexity index is 1380. The third-order valence-corrected chi connectivity index (χ3v) is 6.17. The number of esters is 1. The van der Waals surface area contributed by atoms with Crippen LogP contribution in [0, 0.1) is 6.92 Å². The molecule has 0 aliphatic carbocycles. The minimum absolute atomic E-state index is 0. The largest absolute Gasteiger partial charge is 0.482 e. The van der Waals surface area contributed by atoms with Gasteiger partial charge in [-0.2, -0.15) is 0 Å². The number of aryl methyl sites for hydroxylation is 1. The SMILES string of the molecule is CN(C)CCOC(=O)COc1ccc(Cl)cc1.Cc1cccc(N(C)C(=S)Oc2ccc3ccccc3c2)c1.Cl. The van der Waals surface area contributed by atoms with Gasteiger partial charge >= 0.3 is 5.97 Å². The number of hydrogen-bond donors (Lipinski definition) is 0. The van der Waals surface area contributed by atoms with Crippen LogP contribution in [-0.2, 0) is 9.53 Å². The van der Waals surface area contributed by atoms with Gasteiger partial charge in [0.1, 0.15) is 18.1 Å². The van der Waals surface area contributed by atoms with Crippen molar-refractivity contribution < 1.29 is 19.0 Å². The van der Waals surface area contributed by atoms with Crippen LogP contribution in [0.2, 0.25) is 5.02 Å². The van der Waals surface area contributed by atoms with E-state index in [2.05, 4.69) is 31.2 Å². The van der Waals surface area contributed by atoms with E-state index in [1.54, 1.807) is 24.3 Å². The summed E-state index contributed by atoms with van der Waals surface area (Å²) in [4.78, 5) is 15.1. The lowest BCUT2D eigenvalue weighted by molar-refractivity contribution is -0.146. The van der Waals surface area contributed by atoms with E-state index in [4.69, 9.17) is 38.0 Å². The smallest absolute Gasteiger partial charge is 0.344 e. The van der Waals surface area contributed by atoms with E-state index in [9.17, 15) is 4.79 Å². The number of rotatable bonds is 8. The van der Waals surface area contributed by atoms with Gasteiger partial charge in [-0.3, -0.25) is 0 Å². The minimum Gasteiger partial charge on any atom is -0.482 e. The van der Waals surface area contributed by atoms with E-state index in [0.717, 1.165) is 16.8 Å². The second-order valence-corrected chi connectivity index (χ2v) is 9.83. The van der Waals surface area contributed by atoms with Gasteiger partial charge in [-0.1, -0.05) is 54.1 Å². The number of halogens is 2. The van der Waals surface area contributed by atoms with Crippen LogP contribution in [-0.4, -0.2) is 56.9 Å². The molecule has 0 spiro atoms. The predicted octanol–water partition coefficient (Wildman–Crippen LogP) is 7.19. The first-order valence-electron chi connectivity index (χ1n) is 12.4. The number of ether oxygens (including phenoxy) is 3. The number of anilines is 1. The zero-order chi connectivity index (χ0) is 28.2. The molecule has 0 heterocycles. The van der Waals surface area contributed by atoms with Crippen LogP contribution in [0.15, 0.2) is 91.0 Å². The van der Waals surface area contributed by atoms with Gasteiger partial charge in [-0.15, -0.1) is 12.4 Å². The molecule has 0 atom stereocenters. The summed E-state index contributed by atoms with van der Waals surface area (Å²) < 4.78 is 16.0. The topological polar surface area (TPSA) is 51.2 Å². The molecule has 0 unspecified atom stereocenters. The average Bonchev–Trinajstić information content (AvgIpc) is 2.92. The Kier molecular flexibility index (Phi) is 13.7. The van der Waals surface area contributed by atoms with Gasteiger partial charge < -0.3 is 24.0 Å². The first-order valence-corrected chi connectivity index (χ1v) is 13.2. The predicted molar refractivity (Wildman–Crippen MR) is 170 cm³/mol. The fourth-order valence-electron chi connectivity index (χ4n) is 3.40. The van der Waals surface area contributed by atoms with Crippen LogP contribution in [0.4, 0.5) is 5.69 Å². The third-order valence-electron chi connectivity index (χ3n) is 5.56. The number of carbonyl (C=O) groups is 1. The zero-order valence-corrected chi connectivity index (χ0v) is 25.4. The second-order valence-electron chi connectivity index (χ2n) is 9.04. The zero-order valence-electron chi connectivity index (χ0n) is 23.0. The first-order chi connectivity index (χ1) is 18.7. The molecular weight excluding hydrogens is 567 g/mol. The van der Waals surface area contributed by atoms with Gasteiger partial charge in [-0.25, -0.2) is 4.79 Å². The number of hydrogen-bond acceptors (Lipinski definition) is 6. The van der Waals surface area contributed by atoms with Gasteiger partial charge in [0, 0.05) is 24.3 Å². The maximum absolute atomic E-state index is 11.3. The van der Waals surface area contributed by atoms with Crippen molar-refractivity contribution in [3.05, 3.63) is 102 Å². The molecule has 40 heavy (non-hydrogen) atoms. The molecule has 0 amide bonds. The number of likely N-dealkylation sites (N-methyl/N-ethyl adjacent to an activating group) is 1. The summed E-state index contributed by atoms with van der Waals surface area (Å²) in [6, 6.07) is 29.2. The van der Waals surface area contributed by atoms with Crippen molar-refractivity contribution in [2.45, 2.75) is 6.92 Å². The molecule has 0 bridgehead atoms. The highest BCUT2D eigenvalue weighted by molar-refractivity contribution is 7.80. The van der Waals surface area contributed by atoms with E-state index in [0.29, 0.717) is 29.1 Å². The van der Waals surface area contributed by atoms with Crippen LogP contribution in [0.1, 0.15) is 5.56 Å². The molecule has 4 rings (SSSR count). The number of nitrogens with zero attached hydrogens (tertiary/aromatic N) is 2. The van der Waals surface area contributed by atoms with Gasteiger partial charge in [0.25, 0.3) is 5.17 Å². The van der Waals surface area contributed by atoms with Crippen LogP contribution >= 0.6 is 36.2 Å². The molecule has 4 aromatic rings. The van der Waals surface area contributed by atoms with Crippen LogP contribution in [0.5, 0.6) is 11.5 Å². The van der Waals surface area contributed by atoms with E-state index < -0.39 is 0 Å². The molecule has 4 aromatic carbocycles. The third kappa shape index (κ3) is 11.0. The fourth-order valence-corrected chi connectivity index (χ4v) is 3.73. The van der Waals surface area contributed by atoms with Crippen LogP contribution in [0.3, 0.4) is 0 Å². The lowest BCUT2D eigenvalue weighted by atomic mass is 10.1. The van der Waals surface area contributed by atoms with Crippen LogP contribution in [0.25, 0.3) is 10.8 Å². The van der Waals surface area contributed by atoms with Crippen molar-refractivity contribution in [1.82, 2.24) is 4.90 Å². The van der Waals surface area contributed by atoms with Gasteiger partial charge in [0.2, 0.25) is 0 Å². The number of fused-ring (bicyclic) bond motifs is 1. The fraction of sp³-hybridized carbons (Fsp3) is 0.226. The Morgan fingerprint density at radius 3 is 2.20 bits per heavy atom. The molecule has 6 nitrogen and oxygen atoms in total. The highest BCUT2D eigenvalue weighted by Crippen LogP contribution is 2.22. The van der Waals surface area contributed by atoms with E-state index in [-0.39, 0.29) is 25.0 Å². The van der Waals surface area contributed by atoms with Crippen molar-refractivity contribution in [1.29, 1.82) is 0 Å². The highest BCUT2D eigenvalue weighted by Gasteiger charge is 2.10.